The number of allylic oxidation sites excluding steroid dienone is 5. The Kier molecular flexibility index (Phi) is 13.9. The van der Waals surface area contributed by atoms with Crippen LogP contribution in [-0.2, 0) is 8.85 Å². The van der Waals surface area contributed by atoms with Crippen molar-refractivity contribution < 1.29 is 8.85 Å². The van der Waals surface area contributed by atoms with Crippen molar-refractivity contribution in [3.05, 3.63) is 108 Å². The third-order valence-corrected chi connectivity index (χ3v) is 19.9. The fourth-order valence-electron chi connectivity index (χ4n) is 6.26. The topological polar surface area (TPSA) is 18.5 Å². The van der Waals surface area contributed by atoms with E-state index in [9.17, 15) is 0 Å². The van der Waals surface area contributed by atoms with Crippen LogP contribution in [0.3, 0.4) is 0 Å². The SMILES string of the molecule is C=C(CO[Si](c1ccccc1)(c1ccccc1)C(C)(C)C)[C@@H]1C/C=C(\CO[Si](C)(C)C(C)(C)C)CC/C=C(\C)CC/C=C(\C)CC1. The normalized spacial score (nSPS) is 21.6. The minimum absolute atomic E-state index is 0.0572. The largest absolute Gasteiger partial charge is 0.413 e. The number of hydrogen-bond acceptors (Lipinski definition) is 2. The van der Waals surface area contributed by atoms with Crippen molar-refractivity contribution in [2.24, 2.45) is 5.92 Å². The lowest BCUT2D eigenvalue weighted by Gasteiger charge is -2.43. The molecule has 2 aromatic rings. The molecule has 2 nitrogen and oxygen atoms in total. The molecule has 252 valence electrons. The van der Waals surface area contributed by atoms with E-state index in [2.05, 4.69) is 147 Å². The maximum Gasteiger partial charge on any atom is 0.261 e. The number of rotatable bonds is 9. The lowest BCUT2D eigenvalue weighted by molar-refractivity contribution is 0.309. The monoisotopic (exact) mass is 656 g/mol. The Morgan fingerprint density at radius 2 is 1.24 bits per heavy atom. The van der Waals surface area contributed by atoms with E-state index < -0.39 is 16.6 Å². The molecule has 0 amide bonds. The van der Waals surface area contributed by atoms with Crippen LogP contribution >= 0.6 is 0 Å². The molecule has 0 radical (unpaired) electrons. The van der Waals surface area contributed by atoms with Gasteiger partial charge in [0.05, 0.1) is 13.2 Å². The third-order valence-electron chi connectivity index (χ3n) is 10.5. The molecule has 4 heteroatoms. The second-order valence-corrected chi connectivity index (χ2v) is 25.3. The van der Waals surface area contributed by atoms with Crippen LogP contribution < -0.4 is 10.4 Å². The van der Waals surface area contributed by atoms with Crippen LogP contribution in [0.5, 0.6) is 0 Å². The second-order valence-electron chi connectivity index (χ2n) is 16.2. The van der Waals surface area contributed by atoms with Crippen LogP contribution in [0.15, 0.2) is 108 Å². The van der Waals surface area contributed by atoms with E-state index in [1.165, 1.54) is 32.7 Å². The first-order valence-electron chi connectivity index (χ1n) is 17.6. The summed E-state index contributed by atoms with van der Waals surface area (Å²) in [6.07, 6.45) is 15.0. The van der Waals surface area contributed by atoms with Gasteiger partial charge in [-0.25, -0.2) is 0 Å². The van der Waals surface area contributed by atoms with Gasteiger partial charge in [-0.05, 0) is 109 Å². The van der Waals surface area contributed by atoms with Gasteiger partial charge < -0.3 is 8.85 Å². The first-order valence-corrected chi connectivity index (χ1v) is 22.4. The smallest absolute Gasteiger partial charge is 0.261 e. The molecule has 0 aromatic heterocycles. The summed E-state index contributed by atoms with van der Waals surface area (Å²) in [7, 11) is -4.49. The maximum atomic E-state index is 7.36. The zero-order chi connectivity index (χ0) is 34.0. The molecule has 0 fully saturated rings. The summed E-state index contributed by atoms with van der Waals surface area (Å²) in [5, 5.41) is 2.78. The van der Waals surface area contributed by atoms with Gasteiger partial charge in [-0.1, -0.05) is 138 Å². The Morgan fingerprint density at radius 3 is 1.76 bits per heavy atom. The van der Waals surface area contributed by atoms with Gasteiger partial charge in [-0.15, -0.1) is 0 Å². The zero-order valence-electron chi connectivity index (χ0n) is 31.0. The molecular weight excluding hydrogens is 593 g/mol. The summed E-state index contributed by atoms with van der Waals surface area (Å²) in [5.41, 5.74) is 5.63. The van der Waals surface area contributed by atoms with Gasteiger partial charge in [-0.3, -0.25) is 0 Å². The van der Waals surface area contributed by atoms with Crippen LogP contribution in [0.1, 0.15) is 100 Å². The fourth-order valence-corrected chi connectivity index (χ4v) is 11.8. The molecule has 3 rings (SSSR count). The van der Waals surface area contributed by atoms with Crippen molar-refractivity contribution in [1.29, 1.82) is 0 Å². The van der Waals surface area contributed by atoms with Crippen LogP contribution in [0.2, 0.25) is 23.2 Å². The van der Waals surface area contributed by atoms with Crippen molar-refractivity contribution in [3.63, 3.8) is 0 Å². The van der Waals surface area contributed by atoms with Crippen LogP contribution in [0, 0.1) is 5.92 Å². The van der Waals surface area contributed by atoms with E-state index in [0.29, 0.717) is 12.5 Å². The molecule has 1 atom stereocenters. The van der Waals surface area contributed by atoms with E-state index in [-0.39, 0.29) is 10.1 Å². The highest BCUT2D eigenvalue weighted by atomic mass is 28.4. The van der Waals surface area contributed by atoms with Crippen LogP contribution in [0.25, 0.3) is 0 Å². The van der Waals surface area contributed by atoms with Gasteiger partial charge in [0.15, 0.2) is 8.32 Å². The Morgan fingerprint density at radius 1 is 0.717 bits per heavy atom. The molecule has 0 heterocycles. The van der Waals surface area contributed by atoms with Crippen LogP contribution in [-0.4, -0.2) is 29.8 Å². The molecule has 0 spiro atoms. The predicted octanol–water partition coefficient (Wildman–Crippen LogP) is 11.3. The highest BCUT2D eigenvalue weighted by molar-refractivity contribution is 6.99. The Hall–Kier alpha value is -2.25. The molecule has 1 aliphatic carbocycles. The first-order chi connectivity index (χ1) is 21.6. The molecule has 0 N–H and O–H groups in total. The summed E-state index contributed by atoms with van der Waals surface area (Å²) in [6.45, 7) is 29.4. The van der Waals surface area contributed by atoms with Gasteiger partial charge in [0.25, 0.3) is 8.32 Å². The van der Waals surface area contributed by atoms with E-state index in [4.69, 9.17) is 15.4 Å². The predicted molar refractivity (Wildman–Crippen MR) is 207 cm³/mol. The third kappa shape index (κ3) is 10.4. The van der Waals surface area contributed by atoms with Crippen molar-refractivity contribution in [2.75, 3.05) is 13.2 Å². The van der Waals surface area contributed by atoms with E-state index in [0.717, 1.165) is 51.6 Å². The van der Waals surface area contributed by atoms with Gasteiger partial charge >= 0.3 is 0 Å². The van der Waals surface area contributed by atoms with Gasteiger partial charge in [0.1, 0.15) is 0 Å². The molecular formula is C42H64O2Si2. The number of benzene rings is 2. The Labute approximate surface area is 285 Å². The highest BCUT2D eigenvalue weighted by Gasteiger charge is 2.50. The minimum atomic E-state index is -2.64. The molecule has 0 bridgehead atoms. The Bertz CT molecular complexity index is 1300. The number of hydrogen-bond donors (Lipinski definition) is 0. The summed E-state index contributed by atoms with van der Waals surface area (Å²) in [4.78, 5) is 0. The average molecular weight is 657 g/mol. The van der Waals surface area contributed by atoms with Gasteiger partial charge in [0.2, 0.25) is 0 Å². The average Bonchev–Trinajstić information content (AvgIpc) is 2.99. The second kappa shape index (κ2) is 16.7. The summed E-state index contributed by atoms with van der Waals surface area (Å²) in [5.74, 6) is 0.352. The maximum absolute atomic E-state index is 7.36. The van der Waals surface area contributed by atoms with Gasteiger partial charge in [-0.2, -0.15) is 0 Å². The van der Waals surface area contributed by atoms with E-state index in [1.807, 2.05) is 0 Å². The summed E-state index contributed by atoms with van der Waals surface area (Å²) < 4.78 is 14.1. The molecule has 0 unspecified atom stereocenters. The van der Waals surface area contributed by atoms with E-state index in [1.54, 1.807) is 0 Å². The molecule has 0 saturated carbocycles. The Balaban J connectivity index is 1.94. The van der Waals surface area contributed by atoms with Crippen LogP contribution in [0.4, 0.5) is 0 Å². The molecule has 0 saturated heterocycles. The first kappa shape index (κ1) is 38.2. The standard InChI is InChI=1S/C42H64O2Si2/c1-34-20-18-21-35(2)28-30-38(31-29-37(23-19-22-34)33-43-45(10,11)41(4,5)6)36(3)32-44-46(42(7,8)9,39-24-14-12-15-25-39)40-26-16-13-17-27-40/h12-17,21-22,24-27,29,38H,3,18-20,23,28,30-33H2,1-2,4-11H3/b34-22+,35-21+,37-29-/t38-/m0/s1. The van der Waals surface area contributed by atoms with Gasteiger partial charge in [0, 0.05) is 0 Å². The lowest BCUT2D eigenvalue weighted by atomic mass is 9.89. The molecule has 1 aliphatic rings. The summed E-state index contributed by atoms with van der Waals surface area (Å²) in [6, 6.07) is 21.9. The van der Waals surface area contributed by atoms with Crippen molar-refractivity contribution in [1.82, 2.24) is 0 Å². The van der Waals surface area contributed by atoms with Crippen molar-refractivity contribution >= 4 is 27.0 Å². The molecule has 2 aromatic carbocycles. The minimum Gasteiger partial charge on any atom is -0.413 e. The highest BCUT2D eigenvalue weighted by Crippen LogP contribution is 2.39. The molecule has 46 heavy (non-hydrogen) atoms. The lowest BCUT2D eigenvalue weighted by Crippen LogP contribution is -2.66. The quantitative estimate of drug-likeness (QED) is 0.197. The zero-order valence-corrected chi connectivity index (χ0v) is 33.0. The molecule has 0 aliphatic heterocycles. The van der Waals surface area contributed by atoms with Crippen molar-refractivity contribution in [3.8, 4) is 0 Å². The van der Waals surface area contributed by atoms with Crippen molar-refractivity contribution in [2.45, 2.75) is 124 Å². The van der Waals surface area contributed by atoms with E-state index >= 15 is 0 Å². The summed E-state index contributed by atoms with van der Waals surface area (Å²) >= 11 is 0. The fraction of sp³-hybridized carbons (Fsp3) is 0.524.